The molecule has 0 bridgehead atoms. The maximum Gasteiger partial charge on any atom is 0.153 e. The van der Waals surface area contributed by atoms with Crippen LogP contribution < -0.4 is 5.32 Å². The predicted molar refractivity (Wildman–Crippen MR) is 71.5 cm³/mol. The SMILES string of the molecule is C1CCC(c2n[nH]c(CCC3CCNCC3)n2)C1. The molecule has 4 nitrogen and oxygen atoms in total. The zero-order valence-corrected chi connectivity index (χ0v) is 11.1. The highest BCUT2D eigenvalue weighted by Crippen LogP contribution is 2.32. The van der Waals surface area contributed by atoms with Crippen molar-refractivity contribution in [1.82, 2.24) is 20.5 Å². The Balaban J connectivity index is 1.50. The lowest BCUT2D eigenvalue weighted by Gasteiger charge is -2.21. The first kappa shape index (κ1) is 12.2. The Morgan fingerprint density at radius 1 is 1.06 bits per heavy atom. The van der Waals surface area contributed by atoms with Gasteiger partial charge in [-0.2, -0.15) is 5.10 Å². The molecule has 1 saturated heterocycles. The molecule has 1 saturated carbocycles. The number of hydrogen-bond acceptors (Lipinski definition) is 3. The van der Waals surface area contributed by atoms with Gasteiger partial charge in [-0.05, 0) is 51.1 Å². The summed E-state index contributed by atoms with van der Waals surface area (Å²) in [4.78, 5) is 4.69. The molecule has 2 heterocycles. The molecule has 18 heavy (non-hydrogen) atoms. The fraction of sp³-hybridized carbons (Fsp3) is 0.857. The largest absolute Gasteiger partial charge is 0.317 e. The molecule has 2 aliphatic rings. The van der Waals surface area contributed by atoms with Crippen molar-refractivity contribution < 1.29 is 0 Å². The first-order valence-electron chi connectivity index (χ1n) is 7.54. The number of aromatic nitrogens is 3. The Morgan fingerprint density at radius 3 is 2.61 bits per heavy atom. The number of aromatic amines is 1. The number of piperidine rings is 1. The molecule has 0 aromatic carbocycles. The molecule has 0 amide bonds. The minimum absolute atomic E-state index is 0.633. The van der Waals surface area contributed by atoms with E-state index in [1.165, 1.54) is 58.0 Å². The molecule has 100 valence electrons. The van der Waals surface area contributed by atoms with Crippen LogP contribution in [0.15, 0.2) is 0 Å². The van der Waals surface area contributed by atoms with Crippen molar-refractivity contribution in [3.8, 4) is 0 Å². The molecular formula is C14H24N4. The van der Waals surface area contributed by atoms with E-state index in [2.05, 4.69) is 15.5 Å². The summed E-state index contributed by atoms with van der Waals surface area (Å²) in [5, 5.41) is 11.0. The van der Waals surface area contributed by atoms with Crippen LogP contribution in [-0.4, -0.2) is 28.3 Å². The molecule has 4 heteroatoms. The van der Waals surface area contributed by atoms with Gasteiger partial charge in [0, 0.05) is 12.3 Å². The van der Waals surface area contributed by atoms with Crippen LogP contribution in [0, 0.1) is 5.92 Å². The van der Waals surface area contributed by atoms with Crippen LogP contribution >= 0.6 is 0 Å². The monoisotopic (exact) mass is 248 g/mol. The van der Waals surface area contributed by atoms with Crippen LogP contribution in [0.1, 0.15) is 62.5 Å². The lowest BCUT2D eigenvalue weighted by atomic mass is 9.93. The normalized spacial score (nSPS) is 22.7. The van der Waals surface area contributed by atoms with E-state index in [1.807, 2.05) is 0 Å². The molecular weight excluding hydrogens is 224 g/mol. The van der Waals surface area contributed by atoms with Crippen molar-refractivity contribution in [1.29, 1.82) is 0 Å². The molecule has 0 unspecified atom stereocenters. The van der Waals surface area contributed by atoms with Crippen molar-refractivity contribution >= 4 is 0 Å². The standard InChI is InChI=1S/C14H24N4/c1-2-4-12(3-1)14-16-13(17-18-14)6-5-11-7-9-15-10-8-11/h11-12,15H,1-10H2,(H,16,17,18). The van der Waals surface area contributed by atoms with Crippen molar-refractivity contribution in [2.75, 3.05) is 13.1 Å². The van der Waals surface area contributed by atoms with Gasteiger partial charge in [-0.3, -0.25) is 5.10 Å². The summed E-state index contributed by atoms with van der Waals surface area (Å²) in [5.41, 5.74) is 0. The van der Waals surface area contributed by atoms with Crippen LogP contribution in [0.3, 0.4) is 0 Å². The minimum Gasteiger partial charge on any atom is -0.317 e. The van der Waals surface area contributed by atoms with E-state index in [9.17, 15) is 0 Å². The van der Waals surface area contributed by atoms with E-state index in [1.54, 1.807) is 0 Å². The highest BCUT2D eigenvalue weighted by molar-refractivity contribution is 5.00. The van der Waals surface area contributed by atoms with Gasteiger partial charge in [0.1, 0.15) is 5.82 Å². The van der Waals surface area contributed by atoms with Crippen LogP contribution in [0.5, 0.6) is 0 Å². The number of rotatable bonds is 4. The summed E-state index contributed by atoms with van der Waals surface area (Å²) in [7, 11) is 0. The highest BCUT2D eigenvalue weighted by Gasteiger charge is 2.21. The molecule has 0 atom stereocenters. The summed E-state index contributed by atoms with van der Waals surface area (Å²) in [6.45, 7) is 2.38. The molecule has 1 aromatic rings. The maximum atomic E-state index is 4.69. The molecule has 3 rings (SSSR count). The second kappa shape index (κ2) is 5.83. The Kier molecular flexibility index (Phi) is 3.93. The first-order chi connectivity index (χ1) is 8.92. The third kappa shape index (κ3) is 2.91. The number of nitrogens with zero attached hydrogens (tertiary/aromatic N) is 2. The van der Waals surface area contributed by atoms with Crippen molar-refractivity contribution in [3.05, 3.63) is 11.6 Å². The highest BCUT2D eigenvalue weighted by atomic mass is 15.2. The van der Waals surface area contributed by atoms with Crippen LogP contribution in [0.2, 0.25) is 0 Å². The van der Waals surface area contributed by atoms with Gasteiger partial charge in [-0.15, -0.1) is 0 Å². The molecule has 0 radical (unpaired) electrons. The van der Waals surface area contributed by atoms with Gasteiger partial charge in [0.2, 0.25) is 0 Å². The van der Waals surface area contributed by atoms with Crippen molar-refractivity contribution in [2.24, 2.45) is 5.92 Å². The van der Waals surface area contributed by atoms with Gasteiger partial charge in [0.25, 0.3) is 0 Å². The summed E-state index contributed by atoms with van der Waals surface area (Å²) < 4.78 is 0. The number of H-pyrrole nitrogens is 1. The second-order valence-electron chi connectivity index (χ2n) is 5.85. The van der Waals surface area contributed by atoms with Gasteiger partial charge in [0.15, 0.2) is 5.82 Å². The van der Waals surface area contributed by atoms with Gasteiger partial charge in [0.05, 0.1) is 0 Å². The molecule has 1 aliphatic carbocycles. The Hall–Kier alpha value is -0.900. The van der Waals surface area contributed by atoms with Crippen molar-refractivity contribution in [3.63, 3.8) is 0 Å². The summed E-state index contributed by atoms with van der Waals surface area (Å²) in [5.74, 6) is 3.70. The fourth-order valence-electron chi connectivity index (χ4n) is 3.30. The molecule has 2 fully saturated rings. The lowest BCUT2D eigenvalue weighted by molar-refractivity contribution is 0.352. The van der Waals surface area contributed by atoms with Crippen LogP contribution in [-0.2, 0) is 6.42 Å². The number of aryl methyl sites for hydroxylation is 1. The second-order valence-corrected chi connectivity index (χ2v) is 5.85. The van der Waals surface area contributed by atoms with Crippen LogP contribution in [0.25, 0.3) is 0 Å². The van der Waals surface area contributed by atoms with E-state index < -0.39 is 0 Å². The average Bonchev–Trinajstić information content (AvgIpc) is 3.08. The van der Waals surface area contributed by atoms with E-state index in [4.69, 9.17) is 4.98 Å². The van der Waals surface area contributed by atoms with E-state index in [-0.39, 0.29) is 0 Å². The number of nitrogens with one attached hydrogen (secondary N) is 2. The topological polar surface area (TPSA) is 53.6 Å². The van der Waals surface area contributed by atoms with Gasteiger partial charge in [-0.25, -0.2) is 4.98 Å². The average molecular weight is 248 g/mol. The summed E-state index contributed by atoms with van der Waals surface area (Å²) in [6.07, 6.45) is 10.3. The molecule has 1 aliphatic heterocycles. The quantitative estimate of drug-likeness (QED) is 0.860. The van der Waals surface area contributed by atoms with E-state index in [0.717, 1.165) is 24.0 Å². The number of hydrogen-bond donors (Lipinski definition) is 2. The maximum absolute atomic E-state index is 4.69. The van der Waals surface area contributed by atoms with Gasteiger partial charge >= 0.3 is 0 Å². The predicted octanol–water partition coefficient (Wildman–Crippen LogP) is 2.39. The zero-order valence-electron chi connectivity index (χ0n) is 11.1. The Morgan fingerprint density at radius 2 is 1.83 bits per heavy atom. The Labute approximate surface area is 109 Å². The zero-order chi connectivity index (χ0) is 12.2. The fourth-order valence-corrected chi connectivity index (χ4v) is 3.30. The van der Waals surface area contributed by atoms with E-state index >= 15 is 0 Å². The third-order valence-electron chi connectivity index (χ3n) is 4.52. The smallest absolute Gasteiger partial charge is 0.153 e. The molecule has 1 aromatic heterocycles. The first-order valence-corrected chi connectivity index (χ1v) is 7.54. The summed E-state index contributed by atoms with van der Waals surface area (Å²) >= 11 is 0. The Bertz CT molecular complexity index is 362. The van der Waals surface area contributed by atoms with E-state index in [0.29, 0.717) is 5.92 Å². The van der Waals surface area contributed by atoms with Crippen LogP contribution in [0.4, 0.5) is 0 Å². The summed E-state index contributed by atoms with van der Waals surface area (Å²) in [6, 6.07) is 0. The molecule has 0 spiro atoms. The third-order valence-corrected chi connectivity index (χ3v) is 4.52. The van der Waals surface area contributed by atoms with Crippen molar-refractivity contribution in [2.45, 2.75) is 57.3 Å². The lowest BCUT2D eigenvalue weighted by Crippen LogP contribution is -2.27. The van der Waals surface area contributed by atoms with Gasteiger partial charge < -0.3 is 5.32 Å². The molecule has 2 N–H and O–H groups in total. The van der Waals surface area contributed by atoms with Gasteiger partial charge in [-0.1, -0.05) is 12.8 Å². The minimum atomic E-state index is 0.633.